The van der Waals surface area contributed by atoms with Crippen molar-refractivity contribution in [1.29, 1.82) is 0 Å². The molecule has 30 heavy (non-hydrogen) atoms. The van der Waals surface area contributed by atoms with Crippen molar-refractivity contribution in [3.05, 3.63) is 56.9 Å². The molecule has 0 radical (unpaired) electrons. The number of thioether (sulfide) groups is 1. The topological polar surface area (TPSA) is 65.1 Å². The highest BCUT2D eigenvalue weighted by molar-refractivity contribution is 8.18. The van der Waals surface area contributed by atoms with Crippen LogP contribution in [0.15, 0.2) is 35.2 Å². The minimum absolute atomic E-state index is 0.169. The summed E-state index contributed by atoms with van der Waals surface area (Å²) in [5.41, 5.74) is 2.72. The highest BCUT2D eigenvalue weighted by Crippen LogP contribution is 2.38. The maximum atomic E-state index is 12.7. The van der Waals surface area contributed by atoms with Gasteiger partial charge in [-0.15, -0.1) is 0 Å². The van der Waals surface area contributed by atoms with Crippen molar-refractivity contribution in [2.45, 2.75) is 13.8 Å². The van der Waals surface area contributed by atoms with Crippen LogP contribution in [-0.4, -0.2) is 43.4 Å². The molecule has 0 unspecified atom stereocenters. The van der Waals surface area contributed by atoms with Crippen molar-refractivity contribution in [1.82, 2.24) is 4.90 Å². The molecule has 0 spiro atoms. The van der Waals surface area contributed by atoms with Crippen molar-refractivity contribution >= 4 is 40.6 Å². The SMILES string of the molecule is COc1cc(/C=C2\SC(=O)N(CCOc3cc(C)ccc3C)C2=O)cc(Cl)c1OC. The largest absolute Gasteiger partial charge is 0.493 e. The van der Waals surface area contributed by atoms with Crippen LogP contribution in [0.3, 0.4) is 0 Å². The standard InChI is InChI=1S/C22H22ClNO5S/c1-13-5-6-14(2)17(9-13)29-8-7-24-21(25)19(30-22(24)26)12-15-10-16(23)20(28-4)18(11-15)27-3/h5-6,9-12H,7-8H2,1-4H3/b19-12-. The number of amides is 2. The minimum Gasteiger partial charge on any atom is -0.493 e. The molecule has 2 amide bonds. The number of hydrogen-bond acceptors (Lipinski definition) is 6. The van der Waals surface area contributed by atoms with E-state index in [0.29, 0.717) is 27.0 Å². The first-order valence-electron chi connectivity index (χ1n) is 9.21. The first-order valence-corrected chi connectivity index (χ1v) is 10.4. The van der Waals surface area contributed by atoms with Gasteiger partial charge in [-0.2, -0.15) is 0 Å². The number of ether oxygens (including phenoxy) is 3. The smallest absolute Gasteiger partial charge is 0.293 e. The summed E-state index contributed by atoms with van der Waals surface area (Å²) in [5.74, 6) is 1.24. The van der Waals surface area contributed by atoms with E-state index in [1.807, 2.05) is 32.0 Å². The van der Waals surface area contributed by atoms with Crippen molar-refractivity contribution < 1.29 is 23.8 Å². The van der Waals surface area contributed by atoms with E-state index in [2.05, 4.69) is 0 Å². The maximum absolute atomic E-state index is 12.7. The van der Waals surface area contributed by atoms with Crippen molar-refractivity contribution in [3.63, 3.8) is 0 Å². The van der Waals surface area contributed by atoms with Crippen LogP contribution in [0, 0.1) is 13.8 Å². The monoisotopic (exact) mass is 447 g/mol. The van der Waals surface area contributed by atoms with Gasteiger partial charge in [0.05, 0.1) is 30.7 Å². The molecule has 1 aliphatic rings. The van der Waals surface area contributed by atoms with E-state index in [1.54, 1.807) is 18.2 Å². The molecule has 2 aromatic rings. The van der Waals surface area contributed by atoms with Gasteiger partial charge in [-0.25, -0.2) is 0 Å². The second kappa shape index (κ2) is 9.45. The summed E-state index contributed by atoms with van der Waals surface area (Å²) in [6.45, 7) is 4.32. The molecule has 1 saturated heterocycles. The van der Waals surface area contributed by atoms with Crippen LogP contribution in [0.5, 0.6) is 17.2 Å². The molecule has 1 heterocycles. The number of benzene rings is 2. The Labute approximate surface area is 184 Å². The number of hydrogen-bond donors (Lipinski definition) is 0. The third-order valence-corrected chi connectivity index (χ3v) is 5.73. The number of aryl methyl sites for hydroxylation is 2. The van der Waals surface area contributed by atoms with Crippen molar-refractivity contribution in [2.75, 3.05) is 27.4 Å². The van der Waals surface area contributed by atoms with Crippen LogP contribution in [-0.2, 0) is 4.79 Å². The fourth-order valence-electron chi connectivity index (χ4n) is 2.98. The number of carbonyl (C=O) groups is 2. The molecule has 3 rings (SSSR count). The minimum atomic E-state index is -0.361. The summed E-state index contributed by atoms with van der Waals surface area (Å²) >= 11 is 7.11. The first kappa shape index (κ1) is 22.1. The Morgan fingerprint density at radius 3 is 2.53 bits per heavy atom. The average Bonchev–Trinajstić information content (AvgIpc) is 2.97. The van der Waals surface area contributed by atoms with Crippen LogP contribution in [0.25, 0.3) is 6.08 Å². The maximum Gasteiger partial charge on any atom is 0.293 e. The lowest BCUT2D eigenvalue weighted by atomic mass is 10.1. The summed E-state index contributed by atoms with van der Waals surface area (Å²) in [6, 6.07) is 9.26. The number of methoxy groups -OCH3 is 2. The number of halogens is 1. The van der Waals surface area contributed by atoms with Gasteiger partial charge in [0.1, 0.15) is 12.4 Å². The summed E-state index contributed by atoms with van der Waals surface area (Å²) in [4.78, 5) is 26.6. The Kier molecular flexibility index (Phi) is 6.95. The Morgan fingerprint density at radius 1 is 1.07 bits per heavy atom. The number of nitrogens with zero attached hydrogens (tertiary/aromatic N) is 1. The molecular formula is C22H22ClNO5S. The highest BCUT2D eigenvalue weighted by Gasteiger charge is 2.35. The zero-order valence-corrected chi connectivity index (χ0v) is 18.7. The Morgan fingerprint density at radius 2 is 1.83 bits per heavy atom. The lowest BCUT2D eigenvalue weighted by molar-refractivity contribution is -0.123. The number of rotatable bonds is 7. The zero-order chi connectivity index (χ0) is 21.8. The van der Waals surface area contributed by atoms with Crippen LogP contribution in [0.1, 0.15) is 16.7 Å². The fraction of sp³-hybridized carbons (Fsp3) is 0.273. The highest BCUT2D eigenvalue weighted by atomic mass is 35.5. The molecule has 6 nitrogen and oxygen atoms in total. The van der Waals surface area contributed by atoms with Crippen LogP contribution in [0.4, 0.5) is 4.79 Å². The van der Waals surface area contributed by atoms with Gasteiger partial charge in [-0.3, -0.25) is 14.5 Å². The molecular weight excluding hydrogens is 426 g/mol. The second-order valence-electron chi connectivity index (χ2n) is 6.69. The molecule has 0 saturated carbocycles. The van der Waals surface area contributed by atoms with E-state index in [4.69, 9.17) is 25.8 Å². The molecule has 0 bridgehead atoms. The van der Waals surface area contributed by atoms with E-state index in [1.165, 1.54) is 19.1 Å². The summed E-state index contributed by atoms with van der Waals surface area (Å²) in [6.07, 6.45) is 1.62. The van der Waals surface area contributed by atoms with E-state index >= 15 is 0 Å². The first-order chi connectivity index (χ1) is 14.3. The van der Waals surface area contributed by atoms with Gasteiger partial charge in [-0.1, -0.05) is 23.7 Å². The molecule has 1 aliphatic heterocycles. The number of carbonyl (C=O) groups excluding carboxylic acids is 2. The fourth-order valence-corrected chi connectivity index (χ4v) is 4.14. The molecule has 0 atom stereocenters. The molecule has 0 aromatic heterocycles. The van der Waals surface area contributed by atoms with Crippen LogP contribution < -0.4 is 14.2 Å². The lowest BCUT2D eigenvalue weighted by Gasteiger charge is -2.14. The Hall–Kier alpha value is -2.64. The quantitative estimate of drug-likeness (QED) is 0.551. The Balaban J connectivity index is 1.71. The molecule has 0 N–H and O–H groups in total. The second-order valence-corrected chi connectivity index (χ2v) is 8.09. The van der Waals surface area contributed by atoms with E-state index < -0.39 is 0 Å². The number of imide groups is 1. The third-order valence-electron chi connectivity index (χ3n) is 4.54. The van der Waals surface area contributed by atoms with E-state index in [0.717, 1.165) is 28.6 Å². The van der Waals surface area contributed by atoms with Gasteiger partial charge in [0.2, 0.25) is 0 Å². The molecule has 158 valence electrons. The third kappa shape index (κ3) is 4.74. The van der Waals surface area contributed by atoms with Gasteiger partial charge >= 0.3 is 0 Å². The lowest BCUT2D eigenvalue weighted by Crippen LogP contribution is -2.32. The molecule has 1 fully saturated rings. The summed E-state index contributed by atoms with van der Waals surface area (Å²) < 4.78 is 16.3. The Bertz CT molecular complexity index is 1020. The van der Waals surface area contributed by atoms with Crippen LogP contribution in [0.2, 0.25) is 5.02 Å². The van der Waals surface area contributed by atoms with Gasteiger partial charge in [-0.05, 0) is 66.6 Å². The van der Waals surface area contributed by atoms with Gasteiger partial charge in [0.25, 0.3) is 11.1 Å². The normalized spacial score (nSPS) is 15.1. The van der Waals surface area contributed by atoms with E-state index in [9.17, 15) is 9.59 Å². The van der Waals surface area contributed by atoms with Crippen molar-refractivity contribution in [3.8, 4) is 17.2 Å². The molecule has 2 aromatic carbocycles. The predicted octanol–water partition coefficient (Wildman–Crippen LogP) is 5.09. The van der Waals surface area contributed by atoms with Crippen LogP contribution >= 0.6 is 23.4 Å². The average molecular weight is 448 g/mol. The molecule has 8 heteroatoms. The summed E-state index contributed by atoms with van der Waals surface area (Å²) in [7, 11) is 3.00. The predicted molar refractivity (Wildman–Crippen MR) is 119 cm³/mol. The molecule has 0 aliphatic carbocycles. The zero-order valence-electron chi connectivity index (χ0n) is 17.2. The van der Waals surface area contributed by atoms with Gasteiger partial charge in [0.15, 0.2) is 11.5 Å². The summed E-state index contributed by atoms with van der Waals surface area (Å²) in [5, 5.41) is 0.0200. The van der Waals surface area contributed by atoms with Gasteiger partial charge in [0, 0.05) is 0 Å². The van der Waals surface area contributed by atoms with Crippen molar-refractivity contribution in [2.24, 2.45) is 0 Å². The van der Waals surface area contributed by atoms with E-state index in [-0.39, 0.29) is 24.3 Å². The van der Waals surface area contributed by atoms with Gasteiger partial charge < -0.3 is 14.2 Å².